The van der Waals surface area contributed by atoms with Gasteiger partial charge in [0.15, 0.2) is 5.65 Å². The predicted molar refractivity (Wildman–Crippen MR) is 77.4 cm³/mol. The molecule has 2 aromatic heterocycles. The van der Waals surface area contributed by atoms with E-state index in [1.165, 1.54) is 6.42 Å². The van der Waals surface area contributed by atoms with Crippen LogP contribution in [0, 0.1) is 0 Å². The van der Waals surface area contributed by atoms with Crippen LogP contribution in [0.5, 0.6) is 5.88 Å². The van der Waals surface area contributed by atoms with Crippen LogP contribution >= 0.6 is 0 Å². The summed E-state index contributed by atoms with van der Waals surface area (Å²) in [5.74, 6) is 0.705. The molecule has 0 unspecified atom stereocenters. The van der Waals surface area contributed by atoms with Crippen molar-refractivity contribution < 1.29 is 9.47 Å². The van der Waals surface area contributed by atoms with Crippen molar-refractivity contribution in [3.63, 3.8) is 0 Å². The second kappa shape index (κ2) is 3.77. The number of aromatic nitrogens is 3. The van der Waals surface area contributed by atoms with Crippen LogP contribution in [0.3, 0.4) is 0 Å². The Morgan fingerprint density at radius 1 is 1.33 bits per heavy atom. The number of fused-ring (bicyclic) bond motifs is 2. The van der Waals surface area contributed by atoms with Crippen LogP contribution in [0.1, 0.15) is 39.0 Å². The van der Waals surface area contributed by atoms with Gasteiger partial charge in [0, 0.05) is 30.5 Å². The fraction of sp³-hybridized carbons (Fsp3) is 0.625. The van der Waals surface area contributed by atoms with Crippen molar-refractivity contribution in [3.05, 3.63) is 18.3 Å². The van der Waals surface area contributed by atoms with Gasteiger partial charge in [0.05, 0.1) is 17.7 Å². The molecule has 0 spiro atoms. The van der Waals surface area contributed by atoms with Gasteiger partial charge in [-0.25, -0.2) is 0 Å². The molecule has 21 heavy (non-hydrogen) atoms. The lowest BCUT2D eigenvalue weighted by Gasteiger charge is -2.42. The Kier molecular flexibility index (Phi) is 2.15. The molecule has 4 aliphatic rings. The Hall–Kier alpha value is -1.62. The molecule has 6 rings (SSSR count). The Bertz CT molecular complexity index is 713. The maximum Gasteiger partial charge on any atom is 0.215 e. The highest BCUT2D eigenvalue weighted by atomic mass is 16.5. The SMILES string of the molecule is CC12CC(n3cc4ccc(OC5CCC5)nc4n3)(CO1)C2. The van der Waals surface area contributed by atoms with Gasteiger partial charge < -0.3 is 9.47 Å². The lowest BCUT2D eigenvalue weighted by Crippen LogP contribution is -2.49. The van der Waals surface area contributed by atoms with E-state index in [1.54, 1.807) is 0 Å². The second-order valence-corrected chi connectivity index (χ2v) is 7.12. The first-order valence-electron chi connectivity index (χ1n) is 7.82. The molecule has 5 nitrogen and oxygen atoms in total. The number of nitrogens with zero attached hydrogens (tertiary/aromatic N) is 3. The first kappa shape index (κ1) is 12.0. The van der Waals surface area contributed by atoms with Gasteiger partial charge in [0.1, 0.15) is 6.10 Å². The molecule has 2 saturated carbocycles. The van der Waals surface area contributed by atoms with Crippen LogP contribution in [0.15, 0.2) is 18.3 Å². The van der Waals surface area contributed by atoms with Crippen molar-refractivity contribution in [2.24, 2.45) is 0 Å². The van der Waals surface area contributed by atoms with Crippen molar-refractivity contribution >= 4 is 11.0 Å². The fourth-order valence-electron chi connectivity index (χ4n) is 3.93. The van der Waals surface area contributed by atoms with E-state index in [0.717, 1.165) is 43.3 Å². The van der Waals surface area contributed by atoms with Gasteiger partial charge in [-0.15, -0.1) is 0 Å². The summed E-state index contributed by atoms with van der Waals surface area (Å²) >= 11 is 0. The average molecular weight is 285 g/mol. The third kappa shape index (κ3) is 1.67. The number of ether oxygens (including phenoxy) is 2. The molecular weight excluding hydrogens is 266 g/mol. The van der Waals surface area contributed by atoms with Gasteiger partial charge in [0.25, 0.3) is 0 Å². The van der Waals surface area contributed by atoms with E-state index < -0.39 is 0 Å². The summed E-state index contributed by atoms with van der Waals surface area (Å²) in [4.78, 5) is 4.56. The first-order valence-corrected chi connectivity index (χ1v) is 7.82. The van der Waals surface area contributed by atoms with Crippen LogP contribution < -0.4 is 4.74 Å². The molecule has 0 atom stereocenters. The normalized spacial score (nSPS) is 34.7. The monoisotopic (exact) mass is 285 g/mol. The summed E-state index contributed by atoms with van der Waals surface area (Å²) in [7, 11) is 0. The van der Waals surface area contributed by atoms with E-state index in [0.29, 0.717) is 12.0 Å². The quantitative estimate of drug-likeness (QED) is 0.870. The average Bonchev–Trinajstić information content (AvgIpc) is 3.03. The zero-order valence-corrected chi connectivity index (χ0v) is 12.2. The number of rotatable bonds is 3. The smallest absolute Gasteiger partial charge is 0.215 e. The molecule has 2 aliphatic carbocycles. The van der Waals surface area contributed by atoms with Gasteiger partial charge in [-0.05, 0) is 32.3 Å². The molecule has 0 N–H and O–H groups in total. The molecule has 5 heteroatoms. The molecule has 4 fully saturated rings. The van der Waals surface area contributed by atoms with E-state index in [9.17, 15) is 0 Å². The maximum absolute atomic E-state index is 5.86. The Morgan fingerprint density at radius 3 is 2.86 bits per heavy atom. The fourth-order valence-corrected chi connectivity index (χ4v) is 3.93. The highest BCUT2D eigenvalue weighted by Gasteiger charge is 2.61. The largest absolute Gasteiger partial charge is 0.474 e. The lowest BCUT2D eigenvalue weighted by molar-refractivity contribution is 0.00382. The number of pyridine rings is 1. The molecule has 0 radical (unpaired) electrons. The molecule has 2 aliphatic heterocycles. The minimum absolute atomic E-state index is 0.0600. The lowest BCUT2D eigenvalue weighted by atomic mass is 9.69. The molecule has 0 aromatic carbocycles. The van der Waals surface area contributed by atoms with Crippen molar-refractivity contribution in [1.82, 2.24) is 14.8 Å². The molecular formula is C16H19N3O2. The summed E-state index contributed by atoms with van der Waals surface area (Å²) in [5, 5.41) is 5.77. The summed E-state index contributed by atoms with van der Waals surface area (Å²) in [6.45, 7) is 2.95. The zero-order chi connectivity index (χ0) is 14.1. The van der Waals surface area contributed by atoms with Crippen LogP contribution in [0.4, 0.5) is 0 Å². The van der Waals surface area contributed by atoms with Crippen LogP contribution in [-0.2, 0) is 10.3 Å². The predicted octanol–water partition coefficient (Wildman–Crippen LogP) is 2.64. The van der Waals surface area contributed by atoms with Gasteiger partial charge in [-0.1, -0.05) is 0 Å². The van der Waals surface area contributed by atoms with Crippen LogP contribution in [-0.4, -0.2) is 33.1 Å². The van der Waals surface area contributed by atoms with Crippen molar-refractivity contribution in [1.29, 1.82) is 0 Å². The van der Waals surface area contributed by atoms with E-state index in [-0.39, 0.29) is 11.1 Å². The van der Waals surface area contributed by atoms with E-state index >= 15 is 0 Å². The Balaban J connectivity index is 1.47. The topological polar surface area (TPSA) is 49.2 Å². The molecule has 110 valence electrons. The summed E-state index contributed by atoms with van der Waals surface area (Å²) in [6.07, 6.45) is 8.12. The van der Waals surface area contributed by atoms with E-state index in [2.05, 4.69) is 28.9 Å². The van der Waals surface area contributed by atoms with Gasteiger partial charge in [0.2, 0.25) is 5.88 Å². The van der Waals surface area contributed by atoms with Crippen molar-refractivity contribution in [2.45, 2.75) is 56.3 Å². The second-order valence-electron chi connectivity index (χ2n) is 7.12. The van der Waals surface area contributed by atoms with E-state index in [1.807, 2.05) is 6.07 Å². The number of hydrogen-bond donors (Lipinski definition) is 0. The summed E-state index contributed by atoms with van der Waals surface area (Å²) in [6, 6.07) is 4.02. The highest BCUT2D eigenvalue weighted by molar-refractivity contribution is 5.74. The molecule has 2 saturated heterocycles. The summed E-state index contributed by atoms with van der Waals surface area (Å²) in [5.41, 5.74) is 0.913. The molecule has 2 bridgehead atoms. The third-order valence-corrected chi connectivity index (χ3v) is 5.26. The van der Waals surface area contributed by atoms with Gasteiger partial charge >= 0.3 is 0 Å². The molecule has 0 amide bonds. The minimum Gasteiger partial charge on any atom is -0.474 e. The maximum atomic E-state index is 5.86. The standard InChI is InChI=1S/C16H19N3O2/c1-15-8-16(9-15,10-20-15)19-7-11-5-6-13(17-14(11)18-19)21-12-3-2-4-12/h5-7,12H,2-4,8-10H2,1H3. The first-order chi connectivity index (χ1) is 10.1. The minimum atomic E-state index is 0.0600. The van der Waals surface area contributed by atoms with Gasteiger partial charge in [-0.2, -0.15) is 10.1 Å². The Labute approximate surface area is 123 Å². The van der Waals surface area contributed by atoms with Crippen LogP contribution in [0.2, 0.25) is 0 Å². The molecule has 4 heterocycles. The van der Waals surface area contributed by atoms with Gasteiger partial charge in [-0.3, -0.25) is 4.68 Å². The zero-order valence-electron chi connectivity index (χ0n) is 12.2. The van der Waals surface area contributed by atoms with E-state index in [4.69, 9.17) is 14.6 Å². The third-order valence-electron chi connectivity index (χ3n) is 5.26. The van der Waals surface area contributed by atoms with Crippen LogP contribution in [0.25, 0.3) is 11.0 Å². The number of hydrogen-bond acceptors (Lipinski definition) is 4. The summed E-state index contributed by atoms with van der Waals surface area (Å²) < 4.78 is 13.8. The highest BCUT2D eigenvalue weighted by Crippen LogP contribution is 2.55. The van der Waals surface area contributed by atoms with Crippen molar-refractivity contribution in [2.75, 3.05) is 6.61 Å². The Morgan fingerprint density at radius 2 is 2.19 bits per heavy atom. The van der Waals surface area contributed by atoms with Crippen molar-refractivity contribution in [3.8, 4) is 5.88 Å². The molecule has 2 aromatic rings.